The molecule has 2 aromatic heterocycles. The number of aromatic nitrogens is 3. The van der Waals surface area contributed by atoms with E-state index in [1.807, 2.05) is 83.7 Å². The molecule has 3 aliphatic rings. The van der Waals surface area contributed by atoms with Gasteiger partial charge in [0.2, 0.25) is 11.8 Å². The van der Waals surface area contributed by atoms with Crippen molar-refractivity contribution < 1.29 is 33.4 Å². The van der Waals surface area contributed by atoms with Crippen molar-refractivity contribution in [3.05, 3.63) is 138 Å². The van der Waals surface area contributed by atoms with Crippen LogP contribution < -0.4 is 14.8 Å². The number of carbonyl (C=O) groups is 5. The van der Waals surface area contributed by atoms with Gasteiger partial charge in [0.05, 0.1) is 30.0 Å². The van der Waals surface area contributed by atoms with E-state index in [-0.39, 0.29) is 29.8 Å². The van der Waals surface area contributed by atoms with Crippen molar-refractivity contribution in [3.63, 3.8) is 0 Å². The van der Waals surface area contributed by atoms with Gasteiger partial charge in [-0.25, -0.2) is 4.68 Å². The summed E-state index contributed by atoms with van der Waals surface area (Å²) in [4.78, 5) is 67.8. The Bertz CT molecular complexity index is 2620. The Morgan fingerprint density at radius 1 is 0.638 bits per heavy atom. The Balaban J connectivity index is 0.789. The molecular formula is C46H37N5O7. The van der Waals surface area contributed by atoms with E-state index < -0.39 is 29.7 Å². The van der Waals surface area contributed by atoms with E-state index in [1.54, 1.807) is 30.6 Å². The SMILES string of the molecule is O=C1CCC(N2C(=O)c3ccc(-c4cccc(OCCCCOc5ccc(-n6cc(-c7ccc8c(c7)CCC8=O)c(-c7ccncc7)n6)cc5)c4)cc3C2=O)C(=O)N1. The van der Waals surface area contributed by atoms with E-state index in [2.05, 4.69) is 16.4 Å². The van der Waals surface area contributed by atoms with Crippen LogP contribution in [0.2, 0.25) is 0 Å². The number of carbonyl (C=O) groups excluding carboxylic acids is 5. The lowest BCUT2D eigenvalue weighted by molar-refractivity contribution is -0.136. The number of amides is 4. The standard InChI is InChI=1S/C46H37N5O7/c52-41-16-8-31-24-32(7-13-36(31)41)39-27-50(49-43(39)28-18-20-47-21-19-28)33-9-11-34(12-10-33)57-22-1-2-23-58-35-5-3-4-29(25-35)30-6-14-37-38(26-30)46(56)51(45(37)55)40-15-17-42(53)48-44(40)54/h3-7,9-14,18-21,24-27,40H,1-2,8,15-17,22-23H2,(H,48,53,54). The minimum atomic E-state index is -1.01. The average molecular weight is 772 g/mol. The van der Waals surface area contributed by atoms with Crippen molar-refractivity contribution in [2.45, 2.75) is 44.6 Å². The molecule has 1 atom stereocenters. The number of nitrogens with one attached hydrogen (secondary N) is 1. The maximum absolute atomic E-state index is 13.3. The molecule has 0 saturated carbocycles. The van der Waals surface area contributed by atoms with E-state index >= 15 is 0 Å². The third-order valence-corrected chi connectivity index (χ3v) is 10.8. The quantitative estimate of drug-likeness (QED) is 0.102. The molecule has 1 aliphatic carbocycles. The number of ether oxygens (including phenoxy) is 2. The maximum Gasteiger partial charge on any atom is 0.262 e. The molecule has 4 aromatic carbocycles. The molecule has 1 fully saturated rings. The highest BCUT2D eigenvalue weighted by atomic mass is 16.5. The fourth-order valence-electron chi connectivity index (χ4n) is 7.76. The highest BCUT2D eigenvalue weighted by Crippen LogP contribution is 2.36. The second-order valence-corrected chi connectivity index (χ2v) is 14.5. The zero-order valence-electron chi connectivity index (χ0n) is 31.4. The number of nitrogens with zero attached hydrogens (tertiary/aromatic N) is 4. The second kappa shape index (κ2) is 15.4. The first-order valence-corrected chi connectivity index (χ1v) is 19.3. The van der Waals surface area contributed by atoms with Crippen LogP contribution in [0.5, 0.6) is 11.5 Å². The van der Waals surface area contributed by atoms with Crippen molar-refractivity contribution in [3.8, 4) is 50.7 Å². The number of piperidine rings is 1. The fraction of sp³-hybridized carbons (Fsp3) is 0.196. The largest absolute Gasteiger partial charge is 0.494 e. The number of unbranched alkanes of at least 4 members (excludes halogenated alkanes) is 1. The van der Waals surface area contributed by atoms with Gasteiger partial charge in [-0.05, 0) is 109 Å². The van der Waals surface area contributed by atoms with Crippen LogP contribution >= 0.6 is 0 Å². The van der Waals surface area contributed by atoms with Gasteiger partial charge in [0.25, 0.3) is 11.8 Å². The molecule has 0 bridgehead atoms. The van der Waals surface area contributed by atoms with Crippen molar-refractivity contribution in [2.75, 3.05) is 13.2 Å². The summed E-state index contributed by atoms with van der Waals surface area (Å²) >= 11 is 0. The smallest absolute Gasteiger partial charge is 0.262 e. The monoisotopic (exact) mass is 771 g/mol. The predicted octanol–water partition coefficient (Wildman–Crippen LogP) is 7.04. The minimum absolute atomic E-state index is 0.0664. The van der Waals surface area contributed by atoms with E-state index in [0.717, 1.165) is 80.2 Å². The molecule has 0 radical (unpaired) electrons. The lowest BCUT2D eigenvalue weighted by atomic mass is 9.98. The normalized spacial score (nSPS) is 16.0. The summed E-state index contributed by atoms with van der Waals surface area (Å²) in [6.07, 6.45) is 8.55. The van der Waals surface area contributed by atoms with Crippen molar-refractivity contribution in [2.24, 2.45) is 0 Å². The van der Waals surface area contributed by atoms with Crippen LogP contribution in [0.4, 0.5) is 0 Å². The molecular weight excluding hydrogens is 735 g/mol. The van der Waals surface area contributed by atoms with Gasteiger partial charge in [-0.15, -0.1) is 0 Å². The number of pyridine rings is 1. The molecule has 9 rings (SSSR count). The van der Waals surface area contributed by atoms with Gasteiger partial charge in [-0.1, -0.05) is 36.4 Å². The fourth-order valence-corrected chi connectivity index (χ4v) is 7.76. The molecule has 1 saturated heterocycles. The van der Waals surface area contributed by atoms with Gasteiger partial charge in [0, 0.05) is 48.1 Å². The van der Waals surface area contributed by atoms with Crippen molar-refractivity contribution in [1.29, 1.82) is 0 Å². The first kappa shape index (κ1) is 36.4. The number of benzene rings is 4. The second-order valence-electron chi connectivity index (χ2n) is 14.5. The minimum Gasteiger partial charge on any atom is -0.494 e. The maximum atomic E-state index is 13.3. The third-order valence-electron chi connectivity index (χ3n) is 10.8. The van der Waals surface area contributed by atoms with E-state index in [1.165, 1.54) is 0 Å². The van der Waals surface area contributed by atoms with Gasteiger partial charge in [-0.2, -0.15) is 5.10 Å². The topological polar surface area (TPSA) is 150 Å². The van der Waals surface area contributed by atoms with E-state index in [9.17, 15) is 24.0 Å². The lowest BCUT2D eigenvalue weighted by Crippen LogP contribution is -2.54. The highest BCUT2D eigenvalue weighted by molar-refractivity contribution is 6.23. The molecule has 288 valence electrons. The van der Waals surface area contributed by atoms with Crippen LogP contribution in [0.3, 0.4) is 0 Å². The first-order chi connectivity index (χ1) is 28.3. The third kappa shape index (κ3) is 7.04. The number of hydrogen-bond acceptors (Lipinski definition) is 9. The Hall–Kier alpha value is -7.21. The number of fused-ring (bicyclic) bond motifs is 2. The summed E-state index contributed by atoms with van der Waals surface area (Å²) in [5.74, 6) is -0.518. The number of rotatable bonds is 12. The summed E-state index contributed by atoms with van der Waals surface area (Å²) in [6, 6.07) is 29.3. The predicted molar refractivity (Wildman–Crippen MR) is 214 cm³/mol. The Kier molecular flexibility index (Phi) is 9.66. The van der Waals surface area contributed by atoms with Crippen LogP contribution in [0.1, 0.15) is 68.7 Å². The van der Waals surface area contributed by atoms with Crippen molar-refractivity contribution in [1.82, 2.24) is 25.0 Å². The number of Topliss-reactive ketones (excluding diaryl/α,β-unsaturated/α-hetero) is 1. The number of imide groups is 2. The molecule has 2 aliphatic heterocycles. The molecule has 1 unspecified atom stereocenters. The molecule has 0 spiro atoms. The lowest BCUT2D eigenvalue weighted by Gasteiger charge is -2.27. The summed E-state index contributed by atoms with van der Waals surface area (Å²) < 4.78 is 14.0. The zero-order chi connectivity index (χ0) is 39.8. The summed E-state index contributed by atoms with van der Waals surface area (Å²) in [6.45, 7) is 0.991. The van der Waals surface area contributed by atoms with Gasteiger partial charge in [0.15, 0.2) is 5.78 Å². The first-order valence-electron chi connectivity index (χ1n) is 19.3. The number of ketones is 1. The van der Waals surface area contributed by atoms with Gasteiger partial charge in [0.1, 0.15) is 23.2 Å². The van der Waals surface area contributed by atoms with Gasteiger partial charge >= 0.3 is 0 Å². The molecule has 58 heavy (non-hydrogen) atoms. The van der Waals surface area contributed by atoms with Crippen LogP contribution in [0, 0.1) is 0 Å². The Morgan fingerprint density at radius 3 is 2.16 bits per heavy atom. The average Bonchev–Trinajstić information content (AvgIpc) is 3.93. The highest BCUT2D eigenvalue weighted by Gasteiger charge is 2.44. The number of hydrogen-bond donors (Lipinski definition) is 1. The molecule has 12 nitrogen and oxygen atoms in total. The molecule has 6 aromatic rings. The summed E-state index contributed by atoms with van der Waals surface area (Å²) in [5, 5.41) is 7.19. The molecule has 4 amide bonds. The van der Waals surface area contributed by atoms with Crippen LogP contribution in [0.25, 0.3) is 39.2 Å². The summed E-state index contributed by atoms with van der Waals surface area (Å²) in [5.41, 5.74) is 8.55. The van der Waals surface area contributed by atoms with E-state index in [0.29, 0.717) is 25.4 Å². The van der Waals surface area contributed by atoms with Crippen LogP contribution in [-0.2, 0) is 16.0 Å². The molecule has 12 heteroatoms. The molecule has 4 heterocycles. The van der Waals surface area contributed by atoms with E-state index in [4.69, 9.17) is 14.6 Å². The van der Waals surface area contributed by atoms with Crippen LogP contribution in [0.15, 0.2) is 116 Å². The number of aryl methyl sites for hydroxylation is 1. The van der Waals surface area contributed by atoms with Crippen molar-refractivity contribution >= 4 is 29.4 Å². The Labute approximate surface area is 333 Å². The van der Waals surface area contributed by atoms with Gasteiger partial charge in [-0.3, -0.25) is 39.2 Å². The summed E-state index contributed by atoms with van der Waals surface area (Å²) in [7, 11) is 0. The molecule has 1 N–H and O–H groups in total. The zero-order valence-corrected chi connectivity index (χ0v) is 31.4. The Morgan fingerprint density at radius 2 is 1.36 bits per heavy atom. The van der Waals surface area contributed by atoms with Gasteiger partial charge < -0.3 is 9.47 Å². The van der Waals surface area contributed by atoms with Crippen LogP contribution in [-0.4, -0.2) is 68.3 Å².